The summed E-state index contributed by atoms with van der Waals surface area (Å²) in [6.45, 7) is 0.546. The van der Waals surface area contributed by atoms with Gasteiger partial charge in [-0.1, -0.05) is 24.3 Å². The van der Waals surface area contributed by atoms with Crippen molar-refractivity contribution in [3.05, 3.63) is 65.7 Å². The molecule has 1 aromatic heterocycles. The van der Waals surface area contributed by atoms with Gasteiger partial charge in [-0.2, -0.15) is 0 Å². The van der Waals surface area contributed by atoms with Gasteiger partial charge in [0.15, 0.2) is 0 Å². The van der Waals surface area contributed by atoms with E-state index in [2.05, 4.69) is 9.97 Å². The zero-order chi connectivity index (χ0) is 17.2. The van der Waals surface area contributed by atoms with E-state index in [1.807, 2.05) is 29.2 Å². The maximum Gasteiger partial charge on any atom is 0.223 e. The number of amides is 1. The highest BCUT2D eigenvalue weighted by Crippen LogP contribution is 2.29. The van der Waals surface area contributed by atoms with E-state index in [0.717, 1.165) is 35.3 Å². The van der Waals surface area contributed by atoms with Crippen molar-refractivity contribution in [2.45, 2.75) is 38.3 Å². The number of carbonyl (C=O) groups is 1. The number of para-hydroxylation sites is 2. The molecule has 0 spiro atoms. The van der Waals surface area contributed by atoms with Crippen LogP contribution < -0.4 is 0 Å². The van der Waals surface area contributed by atoms with Gasteiger partial charge in [-0.3, -0.25) is 4.79 Å². The Morgan fingerprint density at radius 2 is 1.92 bits per heavy atom. The van der Waals surface area contributed by atoms with E-state index < -0.39 is 0 Å². The van der Waals surface area contributed by atoms with Crippen LogP contribution in [0.3, 0.4) is 0 Å². The normalized spacial score (nSPS) is 14.0. The Bertz CT molecular complexity index is 850. The summed E-state index contributed by atoms with van der Waals surface area (Å²) < 4.78 is 13.1. The molecule has 1 saturated carbocycles. The summed E-state index contributed by atoms with van der Waals surface area (Å²) in [5.74, 6) is 0.720. The van der Waals surface area contributed by atoms with Crippen LogP contribution in [-0.4, -0.2) is 26.8 Å². The Kier molecular flexibility index (Phi) is 4.22. The highest BCUT2D eigenvalue weighted by molar-refractivity contribution is 5.78. The van der Waals surface area contributed by atoms with Crippen LogP contribution in [0.5, 0.6) is 0 Å². The summed E-state index contributed by atoms with van der Waals surface area (Å²) in [5, 5.41) is 0. The van der Waals surface area contributed by atoms with Crippen molar-refractivity contribution in [1.29, 1.82) is 0 Å². The van der Waals surface area contributed by atoms with Gasteiger partial charge in [0, 0.05) is 25.4 Å². The molecule has 4 nitrogen and oxygen atoms in total. The number of aryl methyl sites for hydroxylation is 1. The second-order valence-corrected chi connectivity index (χ2v) is 6.58. The first-order valence-corrected chi connectivity index (χ1v) is 8.66. The molecular formula is C20H20FN3O. The van der Waals surface area contributed by atoms with E-state index in [0.29, 0.717) is 25.4 Å². The number of carbonyl (C=O) groups excluding carboxylic acids is 1. The number of aromatic nitrogens is 2. The maximum atomic E-state index is 13.1. The number of nitrogens with zero attached hydrogens (tertiary/aromatic N) is 2. The van der Waals surface area contributed by atoms with Crippen molar-refractivity contribution < 1.29 is 9.18 Å². The van der Waals surface area contributed by atoms with Crippen LogP contribution in [0.25, 0.3) is 11.0 Å². The third-order valence-corrected chi connectivity index (χ3v) is 4.59. The van der Waals surface area contributed by atoms with E-state index in [9.17, 15) is 9.18 Å². The minimum Gasteiger partial charge on any atom is -0.342 e. The first kappa shape index (κ1) is 15.8. The Hall–Kier alpha value is -2.69. The molecule has 0 unspecified atom stereocenters. The van der Waals surface area contributed by atoms with Crippen LogP contribution in [0.4, 0.5) is 4.39 Å². The second-order valence-electron chi connectivity index (χ2n) is 6.58. The lowest BCUT2D eigenvalue weighted by atomic mass is 10.2. The average Bonchev–Trinajstić information content (AvgIpc) is 3.37. The van der Waals surface area contributed by atoms with E-state index in [1.165, 1.54) is 12.1 Å². The smallest absolute Gasteiger partial charge is 0.223 e. The number of hydrogen-bond acceptors (Lipinski definition) is 2. The number of halogens is 1. The first-order chi connectivity index (χ1) is 12.2. The fraction of sp³-hybridized carbons (Fsp3) is 0.300. The predicted molar refractivity (Wildman–Crippen MR) is 94.4 cm³/mol. The van der Waals surface area contributed by atoms with E-state index in [1.54, 1.807) is 12.1 Å². The summed E-state index contributed by atoms with van der Waals surface area (Å²) >= 11 is 0. The van der Waals surface area contributed by atoms with Gasteiger partial charge >= 0.3 is 0 Å². The summed E-state index contributed by atoms with van der Waals surface area (Å²) in [4.78, 5) is 22.4. The van der Waals surface area contributed by atoms with Gasteiger partial charge in [-0.05, 0) is 42.7 Å². The zero-order valence-electron chi connectivity index (χ0n) is 13.9. The molecule has 3 aromatic rings. The fourth-order valence-corrected chi connectivity index (χ4v) is 3.09. The van der Waals surface area contributed by atoms with Crippen LogP contribution in [0, 0.1) is 5.82 Å². The summed E-state index contributed by atoms with van der Waals surface area (Å²) in [6, 6.07) is 14.6. The van der Waals surface area contributed by atoms with Crippen LogP contribution in [0.1, 0.15) is 30.7 Å². The molecule has 0 bridgehead atoms. The van der Waals surface area contributed by atoms with Crippen LogP contribution >= 0.6 is 0 Å². The van der Waals surface area contributed by atoms with Crippen molar-refractivity contribution in [3.63, 3.8) is 0 Å². The highest BCUT2D eigenvalue weighted by Gasteiger charge is 2.32. The van der Waals surface area contributed by atoms with Gasteiger partial charge in [0.2, 0.25) is 5.91 Å². The maximum absolute atomic E-state index is 13.1. The molecule has 1 N–H and O–H groups in total. The van der Waals surface area contributed by atoms with E-state index in [-0.39, 0.29) is 11.7 Å². The Morgan fingerprint density at radius 3 is 2.64 bits per heavy atom. The van der Waals surface area contributed by atoms with Gasteiger partial charge in [0.25, 0.3) is 0 Å². The van der Waals surface area contributed by atoms with Gasteiger partial charge in [0.05, 0.1) is 11.0 Å². The molecule has 5 heteroatoms. The van der Waals surface area contributed by atoms with Crippen LogP contribution in [0.2, 0.25) is 0 Å². The molecule has 0 saturated heterocycles. The minimum absolute atomic E-state index is 0.132. The van der Waals surface area contributed by atoms with Gasteiger partial charge in [-0.15, -0.1) is 0 Å². The number of nitrogens with one attached hydrogen (secondary N) is 1. The van der Waals surface area contributed by atoms with Crippen LogP contribution in [0.15, 0.2) is 48.5 Å². The fourth-order valence-electron chi connectivity index (χ4n) is 3.09. The lowest BCUT2D eigenvalue weighted by Gasteiger charge is -2.22. The Labute approximate surface area is 145 Å². The molecule has 128 valence electrons. The third kappa shape index (κ3) is 3.71. The molecule has 25 heavy (non-hydrogen) atoms. The number of benzene rings is 2. The van der Waals surface area contributed by atoms with E-state index in [4.69, 9.17) is 0 Å². The topological polar surface area (TPSA) is 49.0 Å². The summed E-state index contributed by atoms with van der Waals surface area (Å²) in [5.41, 5.74) is 2.89. The Balaban J connectivity index is 1.41. The van der Waals surface area contributed by atoms with Crippen molar-refractivity contribution in [3.8, 4) is 0 Å². The number of fused-ring (bicyclic) bond motifs is 1. The molecule has 0 aliphatic heterocycles. The first-order valence-electron chi connectivity index (χ1n) is 8.66. The molecule has 4 rings (SSSR count). The van der Waals surface area contributed by atoms with Gasteiger partial charge < -0.3 is 9.88 Å². The summed E-state index contributed by atoms with van der Waals surface area (Å²) in [6.07, 6.45) is 3.13. The second kappa shape index (κ2) is 6.67. The number of imidazole rings is 1. The number of hydrogen-bond donors (Lipinski definition) is 1. The lowest BCUT2D eigenvalue weighted by Crippen LogP contribution is -2.32. The number of rotatable bonds is 6. The monoisotopic (exact) mass is 337 g/mol. The van der Waals surface area contributed by atoms with Crippen LogP contribution in [-0.2, 0) is 17.8 Å². The van der Waals surface area contributed by atoms with Gasteiger partial charge in [0.1, 0.15) is 11.6 Å². The zero-order valence-corrected chi connectivity index (χ0v) is 13.9. The lowest BCUT2D eigenvalue weighted by molar-refractivity contribution is -0.132. The Morgan fingerprint density at radius 1 is 1.16 bits per heavy atom. The highest BCUT2D eigenvalue weighted by atomic mass is 19.1. The molecule has 2 aromatic carbocycles. The van der Waals surface area contributed by atoms with Crippen molar-refractivity contribution >= 4 is 16.9 Å². The molecule has 0 radical (unpaired) electrons. The molecule has 1 heterocycles. The quantitative estimate of drug-likeness (QED) is 0.743. The molecule has 1 fully saturated rings. The predicted octanol–water partition coefficient (Wildman–Crippen LogP) is 3.83. The van der Waals surface area contributed by atoms with Crippen molar-refractivity contribution in [1.82, 2.24) is 14.9 Å². The largest absolute Gasteiger partial charge is 0.342 e. The van der Waals surface area contributed by atoms with Crippen molar-refractivity contribution in [2.24, 2.45) is 0 Å². The molecule has 1 aliphatic carbocycles. The average molecular weight is 337 g/mol. The SMILES string of the molecule is O=C(CCc1nc2ccccc2[nH]1)N(Cc1ccc(F)cc1)C1CC1. The number of aromatic amines is 1. The third-order valence-electron chi connectivity index (χ3n) is 4.59. The molecule has 1 aliphatic rings. The minimum atomic E-state index is -0.252. The molecule has 1 amide bonds. The standard InChI is InChI=1S/C20H20FN3O/c21-15-7-5-14(6-8-15)13-24(16-9-10-16)20(25)12-11-19-22-17-3-1-2-4-18(17)23-19/h1-8,16H,9-13H2,(H,22,23). The summed E-state index contributed by atoms with van der Waals surface area (Å²) in [7, 11) is 0. The van der Waals surface area contributed by atoms with Crippen molar-refractivity contribution in [2.75, 3.05) is 0 Å². The number of H-pyrrole nitrogens is 1. The molecular weight excluding hydrogens is 317 g/mol. The van der Waals surface area contributed by atoms with E-state index >= 15 is 0 Å². The molecule has 0 atom stereocenters. The van der Waals surface area contributed by atoms with Gasteiger partial charge in [-0.25, -0.2) is 9.37 Å².